The molecule has 2 nitrogen and oxygen atoms in total. The average Bonchev–Trinajstić information content (AvgIpc) is 2.11. The van der Waals surface area contributed by atoms with Crippen LogP contribution in [0.4, 0.5) is 0 Å². The summed E-state index contributed by atoms with van der Waals surface area (Å²) >= 11 is 0. The van der Waals surface area contributed by atoms with E-state index >= 15 is 0 Å². The van der Waals surface area contributed by atoms with E-state index in [1.807, 2.05) is 0 Å². The van der Waals surface area contributed by atoms with Gasteiger partial charge in [-0.15, -0.1) is 0 Å². The van der Waals surface area contributed by atoms with Gasteiger partial charge in [-0.1, -0.05) is 32.6 Å². The highest BCUT2D eigenvalue weighted by Crippen LogP contribution is 2.04. The Labute approximate surface area is 86.6 Å². The molecule has 0 aliphatic carbocycles. The Morgan fingerprint density at radius 1 is 1.43 bits per heavy atom. The van der Waals surface area contributed by atoms with Crippen molar-refractivity contribution in [3.05, 3.63) is 25.0 Å². The zero-order chi connectivity index (χ0) is 10.8. The average molecular weight is 196 g/mol. The van der Waals surface area contributed by atoms with Crippen LogP contribution in [0.5, 0.6) is 0 Å². The quantitative estimate of drug-likeness (QED) is 0.270. The maximum Gasteiger partial charge on any atom is 0.310 e. The first kappa shape index (κ1) is 12.9. The molecule has 0 atom stereocenters. The molecule has 0 aromatic rings. The first-order valence-corrected chi connectivity index (χ1v) is 5.14. The van der Waals surface area contributed by atoms with E-state index in [0.29, 0.717) is 12.3 Å². The van der Waals surface area contributed by atoms with Crippen LogP contribution in [-0.4, -0.2) is 5.97 Å². The molecule has 0 rings (SSSR count). The van der Waals surface area contributed by atoms with Gasteiger partial charge in [0, 0.05) is 6.42 Å². The summed E-state index contributed by atoms with van der Waals surface area (Å²) < 4.78 is 4.59. The number of hydrogen-bond acceptors (Lipinski definition) is 2. The van der Waals surface area contributed by atoms with Crippen LogP contribution >= 0.6 is 0 Å². The van der Waals surface area contributed by atoms with Gasteiger partial charge in [-0.3, -0.25) is 4.79 Å². The first-order valence-electron chi connectivity index (χ1n) is 5.14. The molecular weight excluding hydrogens is 176 g/mol. The van der Waals surface area contributed by atoms with Crippen molar-refractivity contribution in [2.24, 2.45) is 5.92 Å². The Morgan fingerprint density at radius 3 is 2.71 bits per heavy atom. The summed E-state index contributed by atoms with van der Waals surface area (Å²) in [7, 11) is 0. The van der Waals surface area contributed by atoms with E-state index in [2.05, 4.69) is 37.3 Å². The predicted molar refractivity (Wildman–Crippen MR) is 58.7 cm³/mol. The monoisotopic (exact) mass is 196 g/mol. The minimum Gasteiger partial charge on any atom is -0.435 e. The second kappa shape index (κ2) is 8.54. The molecule has 0 radical (unpaired) electrons. The Hall–Kier alpha value is -1.05. The molecule has 0 amide bonds. The Morgan fingerprint density at radius 2 is 2.14 bits per heavy atom. The lowest BCUT2D eigenvalue weighted by molar-refractivity contribution is -0.138. The van der Waals surface area contributed by atoms with Gasteiger partial charge in [-0.25, -0.2) is 0 Å². The largest absolute Gasteiger partial charge is 0.435 e. The van der Waals surface area contributed by atoms with E-state index in [4.69, 9.17) is 0 Å². The van der Waals surface area contributed by atoms with Crippen molar-refractivity contribution in [2.75, 3.05) is 0 Å². The normalized spacial score (nSPS) is 10.8. The molecule has 0 aromatic carbocycles. The van der Waals surface area contributed by atoms with Gasteiger partial charge in [0.1, 0.15) is 0 Å². The summed E-state index contributed by atoms with van der Waals surface area (Å²) in [5.74, 6) is 0.425. The summed E-state index contributed by atoms with van der Waals surface area (Å²) in [6.45, 7) is 7.62. The second-order valence-corrected chi connectivity index (χ2v) is 3.57. The molecule has 0 spiro atoms. The van der Waals surface area contributed by atoms with Crippen molar-refractivity contribution in [3.8, 4) is 0 Å². The zero-order valence-corrected chi connectivity index (χ0v) is 9.16. The first-order chi connectivity index (χ1) is 6.66. The fourth-order valence-electron chi connectivity index (χ4n) is 1.05. The number of ether oxygens (including phenoxy) is 1. The molecule has 0 fully saturated rings. The standard InChI is InChI=1S/C12H20O2/c1-4-14-12(13)10-8-6-5-7-9-11(2)3/h4,7,9,11H,1,5-6,8,10H2,2-3H3. The number of carbonyl (C=O) groups excluding carboxylic acids is 1. The van der Waals surface area contributed by atoms with Gasteiger partial charge in [0.05, 0.1) is 6.26 Å². The molecule has 0 bridgehead atoms. The van der Waals surface area contributed by atoms with Gasteiger partial charge in [0.15, 0.2) is 0 Å². The highest BCUT2D eigenvalue weighted by Gasteiger charge is 1.98. The van der Waals surface area contributed by atoms with E-state index < -0.39 is 0 Å². The third kappa shape index (κ3) is 9.04. The fourth-order valence-corrected chi connectivity index (χ4v) is 1.05. The van der Waals surface area contributed by atoms with Gasteiger partial charge in [-0.2, -0.15) is 0 Å². The summed E-state index contributed by atoms with van der Waals surface area (Å²) in [6, 6.07) is 0. The molecular formula is C12H20O2. The van der Waals surface area contributed by atoms with Crippen LogP contribution in [0.15, 0.2) is 25.0 Å². The van der Waals surface area contributed by atoms with Crippen molar-refractivity contribution in [1.82, 2.24) is 0 Å². The van der Waals surface area contributed by atoms with Gasteiger partial charge in [0.25, 0.3) is 0 Å². The number of allylic oxidation sites excluding steroid dienone is 2. The number of esters is 1. The molecule has 80 valence electrons. The minimum atomic E-state index is -0.187. The molecule has 0 aromatic heterocycles. The Balaban J connectivity index is 3.29. The lowest BCUT2D eigenvalue weighted by Gasteiger charge is -1.98. The summed E-state index contributed by atoms with van der Waals surface area (Å²) in [6.07, 6.45) is 8.98. The minimum absolute atomic E-state index is 0.187. The molecule has 0 aliphatic rings. The van der Waals surface area contributed by atoms with Crippen LogP contribution in [0.2, 0.25) is 0 Å². The molecule has 0 aliphatic heterocycles. The molecule has 0 saturated carbocycles. The van der Waals surface area contributed by atoms with Crippen molar-refractivity contribution < 1.29 is 9.53 Å². The molecule has 2 heteroatoms. The van der Waals surface area contributed by atoms with E-state index in [1.165, 1.54) is 6.26 Å². The van der Waals surface area contributed by atoms with E-state index in [-0.39, 0.29) is 5.97 Å². The van der Waals surface area contributed by atoms with Gasteiger partial charge >= 0.3 is 5.97 Å². The van der Waals surface area contributed by atoms with E-state index in [9.17, 15) is 4.79 Å². The molecule has 0 saturated heterocycles. The third-order valence-electron chi connectivity index (χ3n) is 1.74. The fraction of sp³-hybridized carbons (Fsp3) is 0.583. The van der Waals surface area contributed by atoms with E-state index in [1.54, 1.807) is 0 Å². The van der Waals surface area contributed by atoms with Crippen molar-refractivity contribution in [3.63, 3.8) is 0 Å². The van der Waals surface area contributed by atoms with Crippen LogP contribution < -0.4 is 0 Å². The lowest BCUT2D eigenvalue weighted by atomic mass is 10.1. The number of unbranched alkanes of at least 4 members (excludes halogenated alkanes) is 2. The predicted octanol–water partition coefficient (Wildman–Crippen LogP) is 3.45. The summed E-state index contributed by atoms with van der Waals surface area (Å²) in [5, 5.41) is 0. The van der Waals surface area contributed by atoms with E-state index in [0.717, 1.165) is 19.3 Å². The highest BCUT2D eigenvalue weighted by molar-refractivity contribution is 5.69. The highest BCUT2D eigenvalue weighted by atomic mass is 16.5. The van der Waals surface area contributed by atoms with Gasteiger partial charge < -0.3 is 4.74 Å². The molecule has 0 unspecified atom stereocenters. The van der Waals surface area contributed by atoms with Crippen LogP contribution in [0.25, 0.3) is 0 Å². The summed E-state index contributed by atoms with van der Waals surface area (Å²) in [5.41, 5.74) is 0. The van der Waals surface area contributed by atoms with Gasteiger partial charge in [0.2, 0.25) is 0 Å². The van der Waals surface area contributed by atoms with Crippen LogP contribution in [0.1, 0.15) is 39.5 Å². The number of hydrogen-bond donors (Lipinski definition) is 0. The smallest absolute Gasteiger partial charge is 0.310 e. The van der Waals surface area contributed by atoms with Crippen molar-refractivity contribution >= 4 is 5.97 Å². The molecule has 14 heavy (non-hydrogen) atoms. The number of rotatable bonds is 7. The number of carbonyl (C=O) groups is 1. The maximum absolute atomic E-state index is 10.9. The Kier molecular flexibility index (Phi) is 7.90. The van der Waals surface area contributed by atoms with Crippen LogP contribution in [0.3, 0.4) is 0 Å². The second-order valence-electron chi connectivity index (χ2n) is 3.57. The van der Waals surface area contributed by atoms with Crippen LogP contribution in [0, 0.1) is 5.92 Å². The summed E-state index contributed by atoms with van der Waals surface area (Å²) in [4.78, 5) is 10.9. The third-order valence-corrected chi connectivity index (χ3v) is 1.74. The molecule has 0 N–H and O–H groups in total. The van der Waals surface area contributed by atoms with Crippen molar-refractivity contribution in [2.45, 2.75) is 39.5 Å². The molecule has 0 heterocycles. The lowest BCUT2D eigenvalue weighted by Crippen LogP contribution is -1.98. The van der Waals surface area contributed by atoms with Crippen molar-refractivity contribution in [1.29, 1.82) is 0 Å². The maximum atomic E-state index is 10.9. The topological polar surface area (TPSA) is 26.3 Å². The SMILES string of the molecule is C=COC(=O)CCCCC=CC(C)C. The Bertz CT molecular complexity index is 192. The van der Waals surface area contributed by atoms with Gasteiger partial charge in [-0.05, 0) is 25.2 Å². The zero-order valence-electron chi connectivity index (χ0n) is 9.16. The van der Waals surface area contributed by atoms with Crippen LogP contribution in [-0.2, 0) is 9.53 Å².